The first kappa shape index (κ1) is 25.4. The van der Waals surface area contributed by atoms with E-state index in [-0.39, 0.29) is 11.3 Å². The largest absolute Gasteiger partial charge is 0.366 e. The number of nitrogens with zero attached hydrogens (tertiary/aromatic N) is 1. The minimum atomic E-state index is -5.50. The van der Waals surface area contributed by atoms with Crippen molar-refractivity contribution in [3.8, 4) is 0 Å². The van der Waals surface area contributed by atoms with Crippen LogP contribution in [0.1, 0.15) is 10.4 Å². The van der Waals surface area contributed by atoms with Gasteiger partial charge in [0, 0.05) is 11.3 Å². The molecule has 14 nitrogen and oxygen atoms in total. The van der Waals surface area contributed by atoms with E-state index in [0.29, 0.717) is 11.2 Å². The number of carbonyl (C=O) groups excluding carboxylic acids is 1. The summed E-state index contributed by atoms with van der Waals surface area (Å²) in [6.45, 7) is -2.83. The Hall–Kier alpha value is -1.67. The summed E-state index contributed by atoms with van der Waals surface area (Å²) >= 11 is 0. The third-order valence-electron chi connectivity index (χ3n) is 3.46. The standard InChI is InChI=1S/C11H15NO13S4/c13-7-8-1-3-9(4-2-8)12(5-10(26(14,15)16)27(17,18)19)6-11(28(20,21)22)29(23,24)25/h1-4,7,10-11H,5-6H2,(H,14,15,16)(H,17,18,19)(H,20,21,22)(H,23,24,25). The lowest BCUT2D eigenvalue weighted by Gasteiger charge is -2.29. The number of hydrogen-bond donors (Lipinski definition) is 4. The summed E-state index contributed by atoms with van der Waals surface area (Å²) < 4.78 is 121. The van der Waals surface area contributed by atoms with Crippen molar-refractivity contribution in [3.63, 3.8) is 0 Å². The molecule has 0 fully saturated rings. The predicted molar refractivity (Wildman–Crippen MR) is 97.8 cm³/mol. The summed E-state index contributed by atoms with van der Waals surface area (Å²) in [6, 6.07) is 4.22. The fourth-order valence-electron chi connectivity index (χ4n) is 2.09. The van der Waals surface area contributed by atoms with Crippen molar-refractivity contribution in [2.24, 2.45) is 0 Å². The quantitative estimate of drug-likeness (QED) is 0.213. The molecule has 1 aromatic rings. The highest BCUT2D eigenvalue weighted by molar-refractivity contribution is 8.04. The molecule has 1 aromatic carbocycles. The van der Waals surface area contributed by atoms with Gasteiger partial charge in [-0.1, -0.05) is 0 Å². The van der Waals surface area contributed by atoms with E-state index in [0.717, 1.165) is 24.3 Å². The van der Waals surface area contributed by atoms with Gasteiger partial charge in [-0.15, -0.1) is 0 Å². The van der Waals surface area contributed by atoms with E-state index >= 15 is 0 Å². The maximum absolute atomic E-state index is 11.3. The van der Waals surface area contributed by atoms with E-state index in [1.165, 1.54) is 0 Å². The topological polar surface area (TPSA) is 238 Å². The molecule has 0 radical (unpaired) electrons. The average molecular weight is 498 g/mol. The summed E-state index contributed by atoms with van der Waals surface area (Å²) in [7, 11) is -22.0. The highest BCUT2D eigenvalue weighted by Crippen LogP contribution is 2.21. The van der Waals surface area contributed by atoms with Gasteiger partial charge < -0.3 is 4.90 Å². The minimum absolute atomic E-state index is 0.0657. The van der Waals surface area contributed by atoms with Gasteiger partial charge in [0.05, 0.1) is 13.1 Å². The fraction of sp³-hybridized carbons (Fsp3) is 0.364. The molecule has 0 aliphatic heterocycles. The highest BCUT2D eigenvalue weighted by atomic mass is 32.3. The van der Waals surface area contributed by atoms with Crippen LogP contribution in [0.4, 0.5) is 5.69 Å². The number of carbonyl (C=O) groups is 1. The number of aldehydes is 1. The second kappa shape index (κ2) is 8.60. The van der Waals surface area contributed by atoms with E-state index in [1.54, 1.807) is 0 Å². The molecule has 1 rings (SSSR count). The Kier molecular flexibility index (Phi) is 7.52. The zero-order valence-corrected chi connectivity index (χ0v) is 17.3. The van der Waals surface area contributed by atoms with Crippen LogP contribution in [0.15, 0.2) is 24.3 Å². The molecule has 0 atom stereocenters. The van der Waals surface area contributed by atoms with Crippen molar-refractivity contribution < 1.29 is 56.7 Å². The Bertz CT molecular complexity index is 1030. The molecule has 0 saturated carbocycles. The molecule has 0 spiro atoms. The molecule has 0 aliphatic rings. The van der Waals surface area contributed by atoms with Crippen LogP contribution in [-0.4, -0.2) is 80.4 Å². The summed E-state index contributed by atoms with van der Waals surface area (Å²) in [6.07, 6.45) is 0.381. The lowest BCUT2D eigenvalue weighted by Crippen LogP contribution is -2.47. The monoisotopic (exact) mass is 497 g/mol. The first-order valence-corrected chi connectivity index (χ1v) is 13.0. The van der Waals surface area contributed by atoms with Gasteiger partial charge in [0.2, 0.25) is 9.16 Å². The fourth-order valence-corrected chi connectivity index (χ4v) is 6.03. The second-order valence-electron chi connectivity index (χ2n) is 5.53. The van der Waals surface area contributed by atoms with Crippen LogP contribution in [0, 0.1) is 0 Å². The molecule has 18 heteroatoms. The van der Waals surface area contributed by atoms with Gasteiger partial charge in [-0.2, -0.15) is 33.7 Å². The lowest BCUT2D eigenvalue weighted by atomic mass is 10.2. The molecule has 0 aromatic heterocycles. The molecular formula is C11H15NO13S4. The number of rotatable bonds is 10. The molecule has 0 unspecified atom stereocenters. The Morgan fingerprint density at radius 2 is 1.00 bits per heavy atom. The van der Waals surface area contributed by atoms with E-state index < -0.39 is 62.7 Å². The molecule has 0 saturated heterocycles. The normalized spacial score (nSPS) is 13.6. The number of anilines is 1. The maximum Gasteiger partial charge on any atom is 0.286 e. The molecule has 4 N–H and O–H groups in total. The smallest absolute Gasteiger partial charge is 0.286 e. The van der Waals surface area contributed by atoms with Crippen molar-refractivity contribution in [1.82, 2.24) is 0 Å². The van der Waals surface area contributed by atoms with Gasteiger partial charge in [-0.05, 0) is 24.3 Å². The number of hydrogen-bond acceptors (Lipinski definition) is 10. The first-order chi connectivity index (χ1) is 12.9. The predicted octanol–water partition coefficient (Wildman–Crippen LogP) is -1.49. The molecule has 0 amide bonds. The zero-order chi connectivity index (χ0) is 22.8. The Morgan fingerprint density at radius 3 is 1.24 bits per heavy atom. The van der Waals surface area contributed by atoms with Crippen molar-refractivity contribution in [2.45, 2.75) is 9.16 Å². The van der Waals surface area contributed by atoms with Gasteiger partial charge in [0.1, 0.15) is 6.29 Å². The van der Waals surface area contributed by atoms with Crippen LogP contribution >= 0.6 is 0 Å². The van der Waals surface area contributed by atoms with Crippen molar-refractivity contribution in [1.29, 1.82) is 0 Å². The summed E-state index contributed by atoms with van der Waals surface area (Å²) in [5.41, 5.74) is -0.221. The highest BCUT2D eigenvalue weighted by Gasteiger charge is 2.42. The molecule has 0 bridgehead atoms. The van der Waals surface area contributed by atoms with Gasteiger partial charge in [0.25, 0.3) is 40.5 Å². The van der Waals surface area contributed by atoms with E-state index in [9.17, 15) is 38.5 Å². The van der Waals surface area contributed by atoms with Gasteiger partial charge >= 0.3 is 0 Å². The Labute approximate surface area is 166 Å². The van der Waals surface area contributed by atoms with Crippen molar-refractivity contribution in [2.75, 3.05) is 18.0 Å². The maximum atomic E-state index is 11.3. The SMILES string of the molecule is O=Cc1ccc(N(CC(S(=O)(=O)O)S(=O)(=O)O)CC(S(=O)(=O)O)S(=O)(=O)O)cc1. The molecule has 29 heavy (non-hydrogen) atoms. The summed E-state index contributed by atoms with van der Waals surface area (Å²) in [5.74, 6) is 0. The van der Waals surface area contributed by atoms with Crippen LogP contribution in [0.25, 0.3) is 0 Å². The Morgan fingerprint density at radius 1 is 0.690 bits per heavy atom. The van der Waals surface area contributed by atoms with E-state index in [2.05, 4.69) is 0 Å². The third kappa shape index (κ3) is 7.26. The molecule has 0 heterocycles. The summed E-state index contributed by atoms with van der Waals surface area (Å²) in [5, 5.41) is 0. The number of benzene rings is 1. The second-order valence-corrected chi connectivity index (χ2v) is 12.5. The van der Waals surface area contributed by atoms with Gasteiger partial charge in [-0.25, -0.2) is 0 Å². The zero-order valence-electron chi connectivity index (χ0n) is 14.0. The minimum Gasteiger partial charge on any atom is -0.366 e. The van der Waals surface area contributed by atoms with Gasteiger partial charge in [0.15, 0.2) is 0 Å². The van der Waals surface area contributed by atoms with Crippen LogP contribution in [-0.2, 0) is 40.5 Å². The molecular weight excluding hydrogens is 482 g/mol. The van der Waals surface area contributed by atoms with Crippen molar-refractivity contribution in [3.05, 3.63) is 29.8 Å². The van der Waals surface area contributed by atoms with E-state index in [1.807, 2.05) is 0 Å². The molecule has 166 valence electrons. The van der Waals surface area contributed by atoms with Crippen LogP contribution in [0.2, 0.25) is 0 Å². The van der Waals surface area contributed by atoms with Crippen molar-refractivity contribution >= 4 is 52.4 Å². The van der Waals surface area contributed by atoms with Crippen LogP contribution < -0.4 is 4.90 Å². The van der Waals surface area contributed by atoms with Gasteiger partial charge in [-0.3, -0.25) is 23.0 Å². The average Bonchev–Trinajstić information content (AvgIpc) is 2.50. The van der Waals surface area contributed by atoms with E-state index in [4.69, 9.17) is 18.2 Å². The lowest BCUT2D eigenvalue weighted by molar-refractivity contribution is 0.112. The van der Waals surface area contributed by atoms with Crippen LogP contribution in [0.3, 0.4) is 0 Å². The third-order valence-corrected chi connectivity index (χ3v) is 9.63. The van der Waals surface area contributed by atoms with Crippen LogP contribution in [0.5, 0.6) is 0 Å². The summed E-state index contributed by atoms with van der Waals surface area (Å²) in [4.78, 5) is 11.1. The first-order valence-electron chi connectivity index (χ1n) is 7.02. The molecule has 0 aliphatic carbocycles. The Balaban J connectivity index is 3.58.